The highest BCUT2D eigenvalue weighted by molar-refractivity contribution is 7.13. The van der Waals surface area contributed by atoms with Crippen LogP contribution >= 0.6 is 11.3 Å². The number of para-hydroxylation sites is 1. The minimum atomic E-state index is -0.425. The molecule has 6 aromatic carbocycles. The van der Waals surface area contributed by atoms with Gasteiger partial charge in [0, 0.05) is 38.3 Å². The summed E-state index contributed by atoms with van der Waals surface area (Å²) in [7, 11) is 0. The Morgan fingerprint density at radius 2 is 1.30 bits per heavy atom. The third kappa shape index (κ3) is 5.50. The number of aliphatic imine (C=N–C) groups is 2. The van der Waals surface area contributed by atoms with E-state index >= 15 is 0 Å². The van der Waals surface area contributed by atoms with Crippen molar-refractivity contribution in [3.8, 4) is 11.1 Å². The van der Waals surface area contributed by atoms with Crippen molar-refractivity contribution in [2.24, 2.45) is 9.98 Å². The zero-order valence-corrected chi connectivity index (χ0v) is 31.6. The molecule has 0 spiro atoms. The standard InChI is InChI=1S/C51H38N4S/c1-4-16-33(17-5-1)37-22-10-11-24-43(37)51-53-49(35-20-8-3-9-21-35)52-50(54-51)36-30-31-40-39-23-12-13-28-44(39)55(46(40)32-36)45-29-15-27-42-41-26-14-25-38(47(41)56-48(42)45)34-18-6-2-7-19-34/h1-14,16-24,26,28-32,38,51H,15,25,27H2,(H,52,53,54). The molecule has 2 aliphatic carbocycles. The molecule has 3 aliphatic rings. The molecular weight excluding hydrogens is 701 g/mol. The number of aromatic nitrogens is 1. The monoisotopic (exact) mass is 738 g/mol. The molecule has 0 saturated carbocycles. The number of allylic oxidation sites excluding steroid dienone is 2. The van der Waals surface area contributed by atoms with Gasteiger partial charge in [-0.15, -0.1) is 11.3 Å². The quantitative estimate of drug-likeness (QED) is 0.181. The van der Waals surface area contributed by atoms with Gasteiger partial charge in [-0.25, -0.2) is 9.98 Å². The Hall–Kier alpha value is -6.56. The Morgan fingerprint density at radius 1 is 0.625 bits per heavy atom. The van der Waals surface area contributed by atoms with Crippen LogP contribution in [0.2, 0.25) is 0 Å². The molecule has 1 aliphatic heterocycles. The van der Waals surface area contributed by atoms with Gasteiger partial charge in [-0.2, -0.15) is 0 Å². The Balaban J connectivity index is 1.07. The van der Waals surface area contributed by atoms with Crippen molar-refractivity contribution in [2.45, 2.75) is 31.3 Å². The molecule has 0 bridgehead atoms. The molecule has 11 rings (SSSR count). The maximum Gasteiger partial charge on any atom is 0.170 e. The lowest BCUT2D eigenvalue weighted by Crippen LogP contribution is -2.36. The predicted octanol–water partition coefficient (Wildman–Crippen LogP) is 12.4. The SMILES string of the molecule is C1=Cc2c(sc3c2CCC=C3n2c3ccccc3c3ccc(C4=NC(c5ccccc5-c5ccccc5)N=C(c5ccccc5)N4)cc32)C(c2ccccc2)C1. The second-order valence-corrected chi connectivity index (χ2v) is 15.8. The van der Waals surface area contributed by atoms with E-state index in [0.29, 0.717) is 5.92 Å². The maximum absolute atomic E-state index is 5.39. The van der Waals surface area contributed by atoms with Crippen molar-refractivity contribution in [1.29, 1.82) is 0 Å². The lowest BCUT2D eigenvalue weighted by atomic mass is 9.85. The van der Waals surface area contributed by atoms with Gasteiger partial charge in [0.1, 0.15) is 11.7 Å². The van der Waals surface area contributed by atoms with Crippen molar-refractivity contribution < 1.29 is 0 Å². The van der Waals surface area contributed by atoms with Gasteiger partial charge >= 0.3 is 0 Å². The number of rotatable bonds is 6. The van der Waals surface area contributed by atoms with Crippen LogP contribution in [0.1, 0.15) is 68.1 Å². The van der Waals surface area contributed by atoms with Crippen molar-refractivity contribution in [3.05, 3.63) is 213 Å². The van der Waals surface area contributed by atoms with E-state index in [1.807, 2.05) is 17.4 Å². The van der Waals surface area contributed by atoms with E-state index in [-0.39, 0.29) is 0 Å². The first-order chi connectivity index (χ1) is 27.8. The van der Waals surface area contributed by atoms with E-state index < -0.39 is 6.17 Å². The van der Waals surface area contributed by atoms with E-state index in [0.717, 1.165) is 58.8 Å². The summed E-state index contributed by atoms with van der Waals surface area (Å²) in [6.07, 6.45) is 9.93. The van der Waals surface area contributed by atoms with Crippen LogP contribution in [0.15, 0.2) is 180 Å². The number of benzene rings is 6. The summed E-state index contributed by atoms with van der Waals surface area (Å²) in [6, 6.07) is 56.2. The van der Waals surface area contributed by atoms with Gasteiger partial charge < -0.3 is 9.88 Å². The number of hydrogen-bond donors (Lipinski definition) is 1. The van der Waals surface area contributed by atoms with Crippen LogP contribution in [-0.2, 0) is 6.42 Å². The van der Waals surface area contributed by atoms with Crippen LogP contribution in [0.5, 0.6) is 0 Å². The third-order valence-electron chi connectivity index (χ3n) is 11.5. The van der Waals surface area contributed by atoms with Crippen molar-refractivity contribution in [2.75, 3.05) is 0 Å². The Kier molecular flexibility index (Phi) is 7.99. The summed E-state index contributed by atoms with van der Waals surface area (Å²) in [6.45, 7) is 0. The minimum Gasteiger partial charge on any atom is -0.324 e. The molecule has 3 heterocycles. The highest BCUT2D eigenvalue weighted by Crippen LogP contribution is 2.48. The number of hydrogen-bond acceptors (Lipinski definition) is 4. The molecular formula is C51H38N4S. The van der Waals surface area contributed by atoms with Crippen molar-refractivity contribution >= 4 is 56.6 Å². The van der Waals surface area contributed by atoms with Crippen LogP contribution in [0.4, 0.5) is 0 Å². The number of thiophene rings is 1. The zero-order chi connectivity index (χ0) is 37.0. The van der Waals surface area contributed by atoms with Crippen LogP contribution in [0, 0.1) is 0 Å². The van der Waals surface area contributed by atoms with Gasteiger partial charge in [0.05, 0.1) is 21.6 Å². The average Bonchev–Trinajstić information content (AvgIpc) is 3.83. The first-order valence-corrected chi connectivity index (χ1v) is 20.3. The summed E-state index contributed by atoms with van der Waals surface area (Å²) in [5.41, 5.74) is 13.4. The van der Waals surface area contributed by atoms with Crippen LogP contribution in [0.25, 0.3) is 44.7 Å². The van der Waals surface area contributed by atoms with Gasteiger partial charge in [-0.1, -0.05) is 164 Å². The van der Waals surface area contributed by atoms with Crippen LogP contribution in [0.3, 0.4) is 0 Å². The third-order valence-corrected chi connectivity index (χ3v) is 12.9. The highest BCUT2D eigenvalue weighted by atomic mass is 32.1. The molecule has 8 aromatic rings. The van der Waals surface area contributed by atoms with E-state index in [4.69, 9.17) is 9.98 Å². The summed E-state index contributed by atoms with van der Waals surface area (Å²) < 4.78 is 2.52. The fourth-order valence-corrected chi connectivity index (χ4v) is 10.4. The summed E-state index contributed by atoms with van der Waals surface area (Å²) >= 11 is 2.00. The zero-order valence-electron chi connectivity index (χ0n) is 30.8. The smallest absolute Gasteiger partial charge is 0.170 e. The average molecular weight is 739 g/mol. The molecule has 0 amide bonds. The van der Waals surface area contributed by atoms with E-state index in [1.165, 1.54) is 53.9 Å². The van der Waals surface area contributed by atoms with Gasteiger partial charge in [0.15, 0.2) is 6.17 Å². The normalized spacial score (nSPS) is 17.5. The minimum absolute atomic E-state index is 0.383. The molecule has 56 heavy (non-hydrogen) atoms. The largest absolute Gasteiger partial charge is 0.324 e. The number of nitrogens with zero attached hydrogens (tertiary/aromatic N) is 3. The first-order valence-electron chi connectivity index (χ1n) is 19.5. The predicted molar refractivity (Wildman–Crippen MR) is 235 cm³/mol. The topological polar surface area (TPSA) is 41.7 Å². The number of fused-ring (bicyclic) bond motifs is 6. The summed E-state index contributed by atoms with van der Waals surface area (Å²) in [4.78, 5) is 13.5. The van der Waals surface area contributed by atoms with Crippen molar-refractivity contribution in [3.63, 3.8) is 0 Å². The van der Waals surface area contributed by atoms with E-state index in [2.05, 4.69) is 180 Å². The van der Waals surface area contributed by atoms with E-state index in [1.54, 1.807) is 0 Å². The lowest BCUT2D eigenvalue weighted by molar-refractivity contribution is 0.757. The molecule has 0 radical (unpaired) electrons. The second kappa shape index (κ2) is 13.6. The summed E-state index contributed by atoms with van der Waals surface area (Å²) in [5, 5.41) is 6.17. The maximum atomic E-state index is 5.39. The summed E-state index contributed by atoms with van der Waals surface area (Å²) in [5.74, 6) is 2.01. The Bertz CT molecular complexity index is 2910. The van der Waals surface area contributed by atoms with Gasteiger partial charge in [0.2, 0.25) is 0 Å². The number of amidine groups is 2. The molecule has 268 valence electrons. The number of nitrogens with one attached hydrogen (secondary N) is 1. The second-order valence-electron chi connectivity index (χ2n) is 14.8. The van der Waals surface area contributed by atoms with Crippen LogP contribution < -0.4 is 5.32 Å². The van der Waals surface area contributed by atoms with Gasteiger partial charge in [-0.05, 0) is 59.2 Å². The molecule has 2 aromatic heterocycles. The molecule has 2 unspecified atom stereocenters. The van der Waals surface area contributed by atoms with Gasteiger partial charge in [0.25, 0.3) is 0 Å². The van der Waals surface area contributed by atoms with Gasteiger partial charge in [-0.3, -0.25) is 0 Å². The molecule has 2 atom stereocenters. The Morgan fingerprint density at radius 3 is 2.12 bits per heavy atom. The molecule has 4 nitrogen and oxygen atoms in total. The van der Waals surface area contributed by atoms with Crippen LogP contribution in [-0.4, -0.2) is 16.2 Å². The first kappa shape index (κ1) is 32.8. The van der Waals surface area contributed by atoms with Crippen molar-refractivity contribution in [1.82, 2.24) is 9.88 Å². The lowest BCUT2D eigenvalue weighted by Gasteiger charge is -2.24. The van der Waals surface area contributed by atoms with E-state index in [9.17, 15) is 0 Å². The fourth-order valence-electron chi connectivity index (χ4n) is 8.89. The fraction of sp³-hybridized carbons (Fsp3) is 0.0980. The molecule has 1 N–H and O–H groups in total. The molecule has 0 fully saturated rings. The Labute approximate surface area is 330 Å². The highest BCUT2D eigenvalue weighted by Gasteiger charge is 2.30. The molecule has 0 saturated heterocycles. The molecule has 5 heteroatoms.